The lowest BCUT2D eigenvalue weighted by molar-refractivity contribution is 0.259. The van der Waals surface area contributed by atoms with Crippen molar-refractivity contribution in [3.8, 4) is 0 Å². The Hall–Kier alpha value is -0.760. The van der Waals surface area contributed by atoms with Gasteiger partial charge in [0.25, 0.3) is 0 Å². The first-order valence-corrected chi connectivity index (χ1v) is 6.52. The van der Waals surface area contributed by atoms with Crippen molar-refractivity contribution in [2.75, 3.05) is 6.54 Å². The lowest BCUT2D eigenvalue weighted by Crippen LogP contribution is -2.31. The second kappa shape index (κ2) is 5.53. The fraction of sp³-hybridized carbons (Fsp3) is 0.714. The zero-order chi connectivity index (χ0) is 11.3. The van der Waals surface area contributed by atoms with E-state index in [0.29, 0.717) is 5.41 Å². The fourth-order valence-corrected chi connectivity index (χ4v) is 2.66. The highest BCUT2D eigenvalue weighted by Crippen LogP contribution is 2.33. The van der Waals surface area contributed by atoms with E-state index >= 15 is 0 Å². The Morgan fingerprint density at radius 2 is 2.00 bits per heavy atom. The minimum atomic E-state index is 0.503. The van der Waals surface area contributed by atoms with Crippen molar-refractivity contribution in [1.82, 2.24) is 5.32 Å². The molecule has 0 radical (unpaired) electrons. The first-order valence-electron chi connectivity index (χ1n) is 6.52. The Morgan fingerprint density at radius 1 is 1.25 bits per heavy atom. The Labute approximate surface area is 98.4 Å². The first kappa shape index (κ1) is 11.7. The van der Waals surface area contributed by atoms with E-state index in [4.69, 9.17) is 4.42 Å². The van der Waals surface area contributed by atoms with Gasteiger partial charge in [-0.3, -0.25) is 0 Å². The molecule has 0 saturated heterocycles. The molecule has 0 amide bonds. The van der Waals surface area contributed by atoms with Crippen molar-refractivity contribution in [3.63, 3.8) is 0 Å². The summed E-state index contributed by atoms with van der Waals surface area (Å²) >= 11 is 0. The van der Waals surface area contributed by atoms with Gasteiger partial charge in [-0.05, 0) is 30.4 Å². The molecule has 1 aromatic rings. The molecule has 1 fully saturated rings. The highest BCUT2D eigenvalue weighted by Gasteiger charge is 2.24. The molecular formula is C14H23NO. The van der Waals surface area contributed by atoms with Gasteiger partial charge >= 0.3 is 0 Å². The van der Waals surface area contributed by atoms with E-state index in [2.05, 4.69) is 12.2 Å². The van der Waals surface area contributed by atoms with Crippen molar-refractivity contribution in [3.05, 3.63) is 24.2 Å². The smallest absolute Gasteiger partial charge is 0.117 e. The van der Waals surface area contributed by atoms with Crippen LogP contribution in [-0.4, -0.2) is 6.54 Å². The van der Waals surface area contributed by atoms with Crippen molar-refractivity contribution >= 4 is 0 Å². The lowest BCUT2D eigenvalue weighted by atomic mass is 9.82. The number of furan rings is 1. The Morgan fingerprint density at radius 3 is 2.62 bits per heavy atom. The van der Waals surface area contributed by atoms with Crippen LogP contribution in [0.4, 0.5) is 0 Å². The van der Waals surface area contributed by atoms with Gasteiger partial charge in [0.2, 0.25) is 0 Å². The molecule has 1 saturated carbocycles. The molecule has 16 heavy (non-hydrogen) atoms. The maximum absolute atomic E-state index is 5.32. The molecule has 1 aliphatic rings. The molecule has 1 N–H and O–H groups in total. The van der Waals surface area contributed by atoms with Crippen LogP contribution in [0.25, 0.3) is 0 Å². The molecule has 0 bridgehead atoms. The molecule has 1 heterocycles. The van der Waals surface area contributed by atoms with Crippen LogP contribution in [0.1, 0.15) is 51.2 Å². The highest BCUT2D eigenvalue weighted by atomic mass is 16.3. The average molecular weight is 221 g/mol. The summed E-state index contributed by atoms with van der Waals surface area (Å²) in [4.78, 5) is 0. The molecular weight excluding hydrogens is 198 g/mol. The summed E-state index contributed by atoms with van der Waals surface area (Å²) in [6, 6.07) is 3.98. The Kier molecular flexibility index (Phi) is 4.05. The fourth-order valence-electron chi connectivity index (χ4n) is 2.66. The number of rotatable bonds is 4. The standard InChI is InChI=1S/C14H23NO/c1-14(8-4-2-3-5-9-14)12-15-11-13-7-6-10-16-13/h6-7,10,15H,2-5,8-9,11-12H2,1H3. The number of hydrogen-bond donors (Lipinski definition) is 1. The van der Waals surface area contributed by atoms with Gasteiger partial charge in [0, 0.05) is 6.54 Å². The molecule has 2 rings (SSSR count). The van der Waals surface area contributed by atoms with Crippen LogP contribution in [0.3, 0.4) is 0 Å². The van der Waals surface area contributed by atoms with Gasteiger partial charge in [0.05, 0.1) is 12.8 Å². The lowest BCUT2D eigenvalue weighted by Gasteiger charge is -2.28. The molecule has 90 valence electrons. The average Bonchev–Trinajstić information content (AvgIpc) is 2.68. The topological polar surface area (TPSA) is 25.2 Å². The molecule has 1 aliphatic carbocycles. The van der Waals surface area contributed by atoms with Crippen LogP contribution in [0.5, 0.6) is 0 Å². The third kappa shape index (κ3) is 3.38. The Balaban J connectivity index is 1.75. The molecule has 0 aromatic carbocycles. The van der Waals surface area contributed by atoms with Crippen LogP contribution in [0.15, 0.2) is 22.8 Å². The second-order valence-electron chi connectivity index (χ2n) is 5.41. The van der Waals surface area contributed by atoms with Gasteiger partial charge in [0.1, 0.15) is 5.76 Å². The summed E-state index contributed by atoms with van der Waals surface area (Å²) in [7, 11) is 0. The summed E-state index contributed by atoms with van der Waals surface area (Å²) in [6.45, 7) is 4.41. The monoisotopic (exact) mass is 221 g/mol. The second-order valence-corrected chi connectivity index (χ2v) is 5.41. The summed E-state index contributed by atoms with van der Waals surface area (Å²) in [5.74, 6) is 1.04. The zero-order valence-corrected chi connectivity index (χ0v) is 10.3. The van der Waals surface area contributed by atoms with Crippen LogP contribution in [0.2, 0.25) is 0 Å². The molecule has 1 aromatic heterocycles. The minimum absolute atomic E-state index is 0.503. The van der Waals surface area contributed by atoms with Gasteiger partial charge < -0.3 is 9.73 Å². The minimum Gasteiger partial charge on any atom is -0.468 e. The van der Waals surface area contributed by atoms with Crippen LogP contribution in [-0.2, 0) is 6.54 Å². The molecule has 0 aliphatic heterocycles. The van der Waals surface area contributed by atoms with E-state index < -0.39 is 0 Å². The Bertz CT molecular complexity index is 284. The van der Waals surface area contributed by atoms with E-state index in [1.807, 2.05) is 12.1 Å². The zero-order valence-electron chi connectivity index (χ0n) is 10.3. The first-order chi connectivity index (χ1) is 7.79. The molecule has 2 heteroatoms. The molecule has 2 nitrogen and oxygen atoms in total. The van der Waals surface area contributed by atoms with Crippen molar-refractivity contribution in [2.45, 2.75) is 52.0 Å². The van der Waals surface area contributed by atoms with E-state index in [1.165, 1.54) is 38.5 Å². The molecule has 0 spiro atoms. The van der Waals surface area contributed by atoms with E-state index in [0.717, 1.165) is 18.8 Å². The van der Waals surface area contributed by atoms with Gasteiger partial charge in [-0.25, -0.2) is 0 Å². The van der Waals surface area contributed by atoms with Crippen molar-refractivity contribution < 1.29 is 4.42 Å². The number of hydrogen-bond acceptors (Lipinski definition) is 2. The number of nitrogens with one attached hydrogen (secondary N) is 1. The molecule has 0 atom stereocenters. The quantitative estimate of drug-likeness (QED) is 0.784. The van der Waals surface area contributed by atoms with E-state index in [1.54, 1.807) is 6.26 Å². The van der Waals surface area contributed by atoms with Crippen LogP contribution < -0.4 is 5.32 Å². The predicted octanol–water partition coefficient (Wildman–Crippen LogP) is 3.73. The maximum atomic E-state index is 5.32. The molecule has 0 unspecified atom stereocenters. The summed E-state index contributed by atoms with van der Waals surface area (Å²) in [5.41, 5.74) is 0.503. The summed E-state index contributed by atoms with van der Waals surface area (Å²) in [6.07, 6.45) is 10.1. The SMILES string of the molecule is CC1(CNCc2ccco2)CCCCCC1. The predicted molar refractivity (Wildman–Crippen MR) is 66.2 cm³/mol. The van der Waals surface area contributed by atoms with Crippen molar-refractivity contribution in [2.24, 2.45) is 5.41 Å². The summed E-state index contributed by atoms with van der Waals surface area (Å²) < 4.78 is 5.32. The third-order valence-corrected chi connectivity index (χ3v) is 3.74. The van der Waals surface area contributed by atoms with Gasteiger partial charge in [-0.15, -0.1) is 0 Å². The normalized spacial score (nSPS) is 20.6. The van der Waals surface area contributed by atoms with E-state index in [9.17, 15) is 0 Å². The van der Waals surface area contributed by atoms with Gasteiger partial charge in [-0.1, -0.05) is 32.6 Å². The highest BCUT2D eigenvalue weighted by molar-refractivity contribution is 4.97. The largest absolute Gasteiger partial charge is 0.468 e. The van der Waals surface area contributed by atoms with Gasteiger partial charge in [0.15, 0.2) is 0 Å². The summed E-state index contributed by atoms with van der Waals surface area (Å²) in [5, 5.41) is 3.53. The van der Waals surface area contributed by atoms with Crippen molar-refractivity contribution in [1.29, 1.82) is 0 Å². The third-order valence-electron chi connectivity index (χ3n) is 3.74. The van der Waals surface area contributed by atoms with Crippen LogP contribution >= 0.6 is 0 Å². The van der Waals surface area contributed by atoms with Crippen LogP contribution in [0, 0.1) is 5.41 Å². The maximum Gasteiger partial charge on any atom is 0.117 e. The van der Waals surface area contributed by atoms with E-state index in [-0.39, 0.29) is 0 Å². The van der Waals surface area contributed by atoms with Gasteiger partial charge in [-0.2, -0.15) is 0 Å².